The lowest BCUT2D eigenvalue weighted by Gasteiger charge is -2.22. The Morgan fingerprint density at radius 1 is 1.35 bits per heavy atom. The number of rotatable bonds is 4. The molecule has 0 saturated heterocycles. The molecule has 0 aromatic heterocycles. The summed E-state index contributed by atoms with van der Waals surface area (Å²) < 4.78 is 74.6. The van der Waals surface area contributed by atoms with Crippen LogP contribution in [0.15, 0.2) is 21.5 Å². The number of halogens is 5. The molecule has 0 heterocycles. The standard InChI is InChI=1S/C10H11BrF4N2O2S/c1-2-17(5-10(13,14)15)20(18,19)9-3-6(11)7(12)4-8(9)16/h3-4H,2,5,16H2,1H3. The predicted molar refractivity (Wildman–Crippen MR) is 69.0 cm³/mol. The fourth-order valence-corrected chi connectivity index (χ4v) is 3.53. The largest absolute Gasteiger partial charge is 0.402 e. The molecule has 0 aliphatic carbocycles. The molecule has 2 N–H and O–H groups in total. The normalized spacial score (nSPS) is 12.9. The zero-order chi connectivity index (χ0) is 15.7. The van der Waals surface area contributed by atoms with Gasteiger partial charge < -0.3 is 5.73 Å². The van der Waals surface area contributed by atoms with E-state index < -0.39 is 45.7 Å². The molecular formula is C10H11BrF4N2O2S. The number of benzene rings is 1. The van der Waals surface area contributed by atoms with Gasteiger partial charge >= 0.3 is 6.18 Å². The highest BCUT2D eigenvalue weighted by Crippen LogP contribution is 2.30. The molecule has 4 nitrogen and oxygen atoms in total. The molecule has 0 aliphatic rings. The lowest BCUT2D eigenvalue weighted by Crippen LogP contribution is -2.39. The van der Waals surface area contributed by atoms with Crippen molar-refractivity contribution < 1.29 is 26.0 Å². The Hall–Kier alpha value is -0.870. The summed E-state index contributed by atoms with van der Waals surface area (Å²) >= 11 is 2.77. The second-order valence-electron chi connectivity index (χ2n) is 3.85. The van der Waals surface area contributed by atoms with E-state index in [1.807, 2.05) is 0 Å². The summed E-state index contributed by atoms with van der Waals surface area (Å²) in [7, 11) is -4.46. The quantitative estimate of drug-likeness (QED) is 0.647. The van der Waals surface area contributed by atoms with Crippen molar-refractivity contribution in [1.82, 2.24) is 4.31 Å². The molecule has 114 valence electrons. The third-order valence-electron chi connectivity index (χ3n) is 2.38. The van der Waals surface area contributed by atoms with Crippen molar-refractivity contribution in [2.24, 2.45) is 0 Å². The van der Waals surface area contributed by atoms with Gasteiger partial charge in [-0.05, 0) is 28.1 Å². The minimum absolute atomic E-state index is 0.201. The summed E-state index contributed by atoms with van der Waals surface area (Å²) in [6.07, 6.45) is -4.69. The molecule has 0 unspecified atom stereocenters. The highest BCUT2D eigenvalue weighted by molar-refractivity contribution is 9.10. The fourth-order valence-electron chi connectivity index (χ4n) is 1.47. The van der Waals surface area contributed by atoms with Crippen LogP contribution in [0.1, 0.15) is 6.92 Å². The number of nitrogen functional groups attached to an aromatic ring is 1. The van der Waals surface area contributed by atoms with Gasteiger partial charge in [0.25, 0.3) is 0 Å². The number of hydrogen-bond donors (Lipinski definition) is 1. The van der Waals surface area contributed by atoms with Crippen LogP contribution < -0.4 is 5.73 Å². The monoisotopic (exact) mass is 378 g/mol. The van der Waals surface area contributed by atoms with E-state index in [2.05, 4.69) is 15.9 Å². The van der Waals surface area contributed by atoms with Gasteiger partial charge in [-0.1, -0.05) is 6.92 Å². The molecule has 1 aromatic carbocycles. The Morgan fingerprint density at radius 3 is 2.35 bits per heavy atom. The Morgan fingerprint density at radius 2 is 1.90 bits per heavy atom. The third-order valence-corrected chi connectivity index (χ3v) is 4.96. The zero-order valence-corrected chi connectivity index (χ0v) is 12.6. The third kappa shape index (κ3) is 3.83. The lowest BCUT2D eigenvalue weighted by molar-refractivity contribution is -0.135. The van der Waals surface area contributed by atoms with E-state index in [0.29, 0.717) is 0 Å². The predicted octanol–water partition coefficient (Wildman–Crippen LogP) is 2.74. The first-order valence-corrected chi connectivity index (χ1v) is 7.53. The van der Waals surface area contributed by atoms with Crippen molar-refractivity contribution in [3.8, 4) is 0 Å². The van der Waals surface area contributed by atoms with E-state index in [-0.39, 0.29) is 8.78 Å². The number of anilines is 1. The summed E-state index contributed by atoms with van der Waals surface area (Å²) in [5.41, 5.74) is 4.93. The molecule has 0 spiro atoms. The van der Waals surface area contributed by atoms with Crippen molar-refractivity contribution in [1.29, 1.82) is 0 Å². The Kier molecular flexibility index (Phi) is 5.03. The van der Waals surface area contributed by atoms with Gasteiger partial charge in [0.2, 0.25) is 10.0 Å². The van der Waals surface area contributed by atoms with Gasteiger partial charge in [0.1, 0.15) is 17.3 Å². The molecule has 0 aliphatic heterocycles. The second-order valence-corrected chi connectivity index (χ2v) is 6.61. The van der Waals surface area contributed by atoms with Crippen molar-refractivity contribution >= 4 is 31.6 Å². The molecule has 1 rings (SSSR count). The molecule has 0 amide bonds. The Labute approximate surface area is 121 Å². The van der Waals surface area contributed by atoms with E-state index in [9.17, 15) is 26.0 Å². The maximum atomic E-state index is 13.2. The lowest BCUT2D eigenvalue weighted by atomic mass is 10.3. The first-order valence-electron chi connectivity index (χ1n) is 5.30. The van der Waals surface area contributed by atoms with Gasteiger partial charge in [-0.3, -0.25) is 0 Å². The number of hydrogen-bond acceptors (Lipinski definition) is 3. The summed E-state index contributed by atoms with van der Waals surface area (Å²) in [5.74, 6) is -0.805. The van der Waals surface area contributed by atoms with Crippen LogP contribution >= 0.6 is 15.9 Å². The molecule has 0 fully saturated rings. The smallest absolute Gasteiger partial charge is 0.398 e. The minimum atomic E-state index is -4.69. The van der Waals surface area contributed by atoms with Crippen LogP contribution in [0.5, 0.6) is 0 Å². The average Bonchev–Trinajstić information content (AvgIpc) is 2.29. The summed E-state index contributed by atoms with van der Waals surface area (Å²) in [5, 5.41) is 0. The topological polar surface area (TPSA) is 63.4 Å². The van der Waals surface area contributed by atoms with E-state index in [1.54, 1.807) is 0 Å². The first kappa shape index (κ1) is 17.2. The van der Waals surface area contributed by atoms with Gasteiger partial charge in [0.05, 0.1) is 10.2 Å². The molecule has 10 heteroatoms. The van der Waals surface area contributed by atoms with Crippen LogP contribution in [0, 0.1) is 5.82 Å². The number of alkyl halides is 3. The SMILES string of the molecule is CCN(CC(F)(F)F)S(=O)(=O)c1cc(Br)c(F)cc1N. The van der Waals surface area contributed by atoms with Crippen molar-refractivity contribution in [2.45, 2.75) is 18.0 Å². The molecule has 20 heavy (non-hydrogen) atoms. The fraction of sp³-hybridized carbons (Fsp3) is 0.400. The van der Waals surface area contributed by atoms with Gasteiger partial charge in [-0.2, -0.15) is 17.5 Å². The minimum Gasteiger partial charge on any atom is -0.398 e. The second kappa shape index (κ2) is 5.86. The summed E-state index contributed by atoms with van der Waals surface area (Å²) in [6, 6.07) is 1.58. The van der Waals surface area contributed by atoms with Gasteiger partial charge in [-0.25, -0.2) is 12.8 Å². The zero-order valence-electron chi connectivity index (χ0n) is 10.2. The number of sulfonamides is 1. The van der Waals surface area contributed by atoms with Crippen LogP contribution in [-0.4, -0.2) is 32.0 Å². The van der Waals surface area contributed by atoms with Crippen LogP contribution in [0.3, 0.4) is 0 Å². The summed E-state index contributed by atoms with van der Waals surface area (Å²) in [6.45, 7) is -0.769. The first-order chi connectivity index (χ1) is 8.99. The molecular weight excluding hydrogens is 368 g/mol. The molecule has 0 bridgehead atoms. The molecule has 0 radical (unpaired) electrons. The van der Waals surface area contributed by atoms with Gasteiger partial charge in [0.15, 0.2) is 0 Å². The van der Waals surface area contributed by atoms with Crippen LogP contribution in [0.2, 0.25) is 0 Å². The summed E-state index contributed by atoms with van der Waals surface area (Å²) in [4.78, 5) is -0.572. The maximum absolute atomic E-state index is 13.2. The highest BCUT2D eigenvalue weighted by atomic mass is 79.9. The maximum Gasteiger partial charge on any atom is 0.402 e. The highest BCUT2D eigenvalue weighted by Gasteiger charge is 2.37. The van der Waals surface area contributed by atoms with Crippen molar-refractivity contribution in [3.63, 3.8) is 0 Å². The Bertz CT molecular complexity index is 604. The van der Waals surface area contributed by atoms with Crippen molar-refractivity contribution in [2.75, 3.05) is 18.8 Å². The van der Waals surface area contributed by atoms with E-state index in [4.69, 9.17) is 5.73 Å². The molecule has 0 atom stereocenters. The molecule has 0 saturated carbocycles. The van der Waals surface area contributed by atoms with Crippen molar-refractivity contribution in [3.05, 3.63) is 22.4 Å². The van der Waals surface area contributed by atoms with Crippen LogP contribution in [0.4, 0.5) is 23.2 Å². The number of nitrogens with zero attached hydrogens (tertiary/aromatic N) is 1. The van der Waals surface area contributed by atoms with Crippen LogP contribution in [-0.2, 0) is 10.0 Å². The average molecular weight is 379 g/mol. The van der Waals surface area contributed by atoms with Gasteiger partial charge in [-0.15, -0.1) is 0 Å². The van der Waals surface area contributed by atoms with E-state index in [0.717, 1.165) is 12.1 Å². The van der Waals surface area contributed by atoms with E-state index in [1.165, 1.54) is 6.92 Å². The number of nitrogens with two attached hydrogens (primary N) is 1. The van der Waals surface area contributed by atoms with Gasteiger partial charge in [0, 0.05) is 6.54 Å². The Balaban J connectivity index is 3.31. The molecule has 1 aromatic rings. The van der Waals surface area contributed by atoms with Crippen LogP contribution in [0.25, 0.3) is 0 Å². The van der Waals surface area contributed by atoms with E-state index >= 15 is 0 Å².